The molecule has 2 heteroatoms. The van der Waals surface area contributed by atoms with E-state index in [-0.39, 0.29) is 0 Å². The largest absolute Gasteiger partial charge is 0.507 e. The van der Waals surface area contributed by atoms with Crippen LogP contribution in [-0.4, -0.2) is 10.1 Å². The highest BCUT2D eigenvalue weighted by Crippen LogP contribution is 2.45. The van der Waals surface area contributed by atoms with Crippen molar-refractivity contribution in [3.63, 3.8) is 0 Å². The number of hydrogen-bond acceptors (Lipinski definition) is 1. The maximum Gasteiger partial charge on any atom is 0.132 e. The molecule has 0 saturated carbocycles. The van der Waals surface area contributed by atoms with E-state index in [1.54, 1.807) is 0 Å². The third-order valence-electron chi connectivity index (χ3n) is 4.98. The number of aryl methyl sites for hydroxylation is 1. The summed E-state index contributed by atoms with van der Waals surface area (Å²) in [4.78, 5) is 3.56. The lowest BCUT2D eigenvalue weighted by atomic mass is 9.93. The van der Waals surface area contributed by atoms with Crippen LogP contribution in [0.2, 0.25) is 0 Å². The van der Waals surface area contributed by atoms with Gasteiger partial charge in [0.05, 0.1) is 5.52 Å². The van der Waals surface area contributed by atoms with Crippen molar-refractivity contribution in [3.05, 3.63) is 78.4 Å². The van der Waals surface area contributed by atoms with Gasteiger partial charge in [-0.2, -0.15) is 0 Å². The molecular weight excluding hydrogens is 306 g/mol. The van der Waals surface area contributed by atoms with E-state index in [0.717, 1.165) is 43.7 Å². The highest BCUT2D eigenvalue weighted by molar-refractivity contribution is 6.25. The van der Waals surface area contributed by atoms with E-state index in [9.17, 15) is 5.11 Å². The number of fused-ring (bicyclic) bond motifs is 5. The Balaban J connectivity index is 2.07. The van der Waals surface area contributed by atoms with Crippen molar-refractivity contribution in [1.29, 1.82) is 0 Å². The molecule has 2 nitrogen and oxygen atoms in total. The highest BCUT2D eigenvalue weighted by Gasteiger charge is 2.18. The van der Waals surface area contributed by atoms with E-state index in [1.165, 1.54) is 5.56 Å². The number of phenols is 1. The lowest BCUT2D eigenvalue weighted by molar-refractivity contribution is 0.484. The van der Waals surface area contributed by atoms with E-state index in [1.807, 2.05) is 30.3 Å². The molecule has 5 aromatic rings. The number of H-pyrrole nitrogens is 1. The molecule has 120 valence electrons. The van der Waals surface area contributed by atoms with Crippen molar-refractivity contribution in [2.45, 2.75) is 6.92 Å². The van der Waals surface area contributed by atoms with Crippen LogP contribution in [0.1, 0.15) is 5.56 Å². The van der Waals surface area contributed by atoms with Crippen LogP contribution in [0.25, 0.3) is 43.7 Å². The lowest BCUT2D eigenvalue weighted by Gasteiger charge is -2.12. The van der Waals surface area contributed by atoms with Crippen molar-refractivity contribution in [2.75, 3.05) is 0 Å². The van der Waals surface area contributed by atoms with Crippen LogP contribution in [0.4, 0.5) is 0 Å². The predicted octanol–water partition coefficient (Wildman–Crippen LogP) is 6.16. The molecule has 0 saturated heterocycles. The number of aromatic nitrogens is 1. The highest BCUT2D eigenvalue weighted by atomic mass is 16.3. The van der Waals surface area contributed by atoms with Crippen molar-refractivity contribution in [1.82, 2.24) is 4.98 Å². The Kier molecular flexibility index (Phi) is 2.89. The molecule has 0 spiro atoms. The number of benzene rings is 4. The van der Waals surface area contributed by atoms with Crippen molar-refractivity contribution in [2.24, 2.45) is 0 Å². The number of nitrogens with one attached hydrogen (secondary N) is 1. The number of rotatable bonds is 1. The van der Waals surface area contributed by atoms with Crippen LogP contribution in [0, 0.1) is 6.92 Å². The third kappa shape index (κ3) is 1.97. The van der Waals surface area contributed by atoms with Gasteiger partial charge in [-0.25, -0.2) is 0 Å². The van der Waals surface area contributed by atoms with E-state index in [0.29, 0.717) is 5.75 Å². The first-order valence-corrected chi connectivity index (χ1v) is 8.45. The zero-order valence-electron chi connectivity index (χ0n) is 13.9. The molecule has 1 heterocycles. The van der Waals surface area contributed by atoms with Crippen LogP contribution in [0.5, 0.6) is 5.75 Å². The van der Waals surface area contributed by atoms with E-state index in [2.05, 4.69) is 54.4 Å². The molecule has 0 aliphatic heterocycles. The number of hydrogen-bond donors (Lipinski definition) is 2. The smallest absolute Gasteiger partial charge is 0.132 e. The Morgan fingerprint density at radius 2 is 1.36 bits per heavy atom. The predicted molar refractivity (Wildman–Crippen MR) is 105 cm³/mol. The van der Waals surface area contributed by atoms with E-state index in [4.69, 9.17) is 0 Å². The molecule has 2 N–H and O–H groups in total. The second kappa shape index (κ2) is 5.12. The second-order valence-electron chi connectivity index (χ2n) is 6.56. The van der Waals surface area contributed by atoms with Gasteiger partial charge in [0.2, 0.25) is 0 Å². The van der Waals surface area contributed by atoms with Crippen LogP contribution >= 0.6 is 0 Å². The Hall–Kier alpha value is -3.26. The van der Waals surface area contributed by atoms with Crippen LogP contribution in [0.15, 0.2) is 72.8 Å². The van der Waals surface area contributed by atoms with Gasteiger partial charge >= 0.3 is 0 Å². The van der Waals surface area contributed by atoms with E-state index < -0.39 is 0 Å². The first kappa shape index (κ1) is 14.1. The van der Waals surface area contributed by atoms with Gasteiger partial charge in [0.15, 0.2) is 0 Å². The molecular formula is C23H17NO. The first-order chi connectivity index (χ1) is 12.2. The summed E-state index contributed by atoms with van der Waals surface area (Å²) in [6.45, 7) is 2.07. The fourth-order valence-corrected chi connectivity index (χ4v) is 3.77. The number of para-hydroxylation sites is 1. The monoisotopic (exact) mass is 323 g/mol. The lowest BCUT2D eigenvalue weighted by Crippen LogP contribution is -1.85. The molecule has 0 aliphatic rings. The van der Waals surface area contributed by atoms with Crippen molar-refractivity contribution < 1.29 is 5.11 Å². The van der Waals surface area contributed by atoms with Gasteiger partial charge < -0.3 is 10.1 Å². The minimum atomic E-state index is 0.344. The van der Waals surface area contributed by atoms with E-state index >= 15 is 0 Å². The summed E-state index contributed by atoms with van der Waals surface area (Å²) in [7, 11) is 0. The number of aromatic hydroxyl groups is 1. The summed E-state index contributed by atoms with van der Waals surface area (Å²) in [5, 5.41) is 15.3. The van der Waals surface area contributed by atoms with Gasteiger partial charge in [0.25, 0.3) is 0 Å². The van der Waals surface area contributed by atoms with Gasteiger partial charge in [-0.1, -0.05) is 72.3 Å². The molecule has 0 unspecified atom stereocenters. The normalized spacial score (nSPS) is 11.6. The van der Waals surface area contributed by atoms with Crippen molar-refractivity contribution in [3.8, 4) is 16.9 Å². The second-order valence-corrected chi connectivity index (χ2v) is 6.56. The van der Waals surface area contributed by atoms with Gasteiger partial charge in [0, 0.05) is 32.6 Å². The van der Waals surface area contributed by atoms with Gasteiger partial charge in [0.1, 0.15) is 5.75 Å². The summed E-state index contributed by atoms with van der Waals surface area (Å²) in [5.74, 6) is 0.344. The quantitative estimate of drug-likeness (QED) is 0.381. The molecule has 0 aliphatic carbocycles. The van der Waals surface area contributed by atoms with Gasteiger partial charge in [-0.3, -0.25) is 0 Å². The maximum absolute atomic E-state index is 11.1. The third-order valence-corrected chi connectivity index (χ3v) is 4.98. The van der Waals surface area contributed by atoms with Crippen molar-refractivity contribution >= 4 is 32.6 Å². The Morgan fingerprint density at radius 1 is 0.720 bits per heavy atom. The molecule has 25 heavy (non-hydrogen) atoms. The molecule has 1 aromatic heterocycles. The Labute approximate surface area is 145 Å². The SMILES string of the molecule is Cc1ccc(-c2c(O)c3ccccc3c3[nH]c4ccccc4c23)cc1. The molecule has 0 amide bonds. The summed E-state index contributed by atoms with van der Waals surface area (Å²) >= 11 is 0. The molecule has 5 rings (SSSR count). The molecule has 0 atom stereocenters. The maximum atomic E-state index is 11.1. The van der Waals surface area contributed by atoms with Crippen LogP contribution in [-0.2, 0) is 0 Å². The number of aromatic amines is 1. The molecule has 4 aromatic carbocycles. The summed E-state index contributed by atoms with van der Waals surface area (Å²) in [6, 6.07) is 24.6. The zero-order chi connectivity index (χ0) is 17.0. The standard InChI is InChI=1S/C23H17NO/c1-14-10-12-15(13-11-14)20-21-18-8-4-5-9-19(18)24-22(21)16-6-2-3-7-17(16)23(20)25/h2-13,24-25H,1H3. The Bertz CT molecular complexity index is 1250. The topological polar surface area (TPSA) is 36.0 Å². The average molecular weight is 323 g/mol. The molecule has 0 radical (unpaired) electrons. The Morgan fingerprint density at radius 3 is 2.12 bits per heavy atom. The average Bonchev–Trinajstić information content (AvgIpc) is 3.03. The molecule has 0 bridgehead atoms. The van der Waals surface area contributed by atoms with Crippen LogP contribution < -0.4 is 0 Å². The minimum Gasteiger partial charge on any atom is -0.507 e. The van der Waals surface area contributed by atoms with Gasteiger partial charge in [-0.15, -0.1) is 0 Å². The fourth-order valence-electron chi connectivity index (χ4n) is 3.77. The zero-order valence-corrected chi connectivity index (χ0v) is 13.9. The first-order valence-electron chi connectivity index (χ1n) is 8.45. The number of phenolic OH excluding ortho intramolecular Hbond substituents is 1. The summed E-state index contributed by atoms with van der Waals surface area (Å²) in [6.07, 6.45) is 0. The fraction of sp³-hybridized carbons (Fsp3) is 0.0435. The molecule has 0 fully saturated rings. The minimum absolute atomic E-state index is 0.344. The van der Waals surface area contributed by atoms with Gasteiger partial charge in [-0.05, 0) is 18.6 Å². The summed E-state index contributed by atoms with van der Waals surface area (Å²) < 4.78 is 0. The summed E-state index contributed by atoms with van der Waals surface area (Å²) in [5.41, 5.74) is 5.29. The van der Waals surface area contributed by atoms with Crippen LogP contribution in [0.3, 0.4) is 0 Å².